The van der Waals surface area contributed by atoms with Gasteiger partial charge in [-0.1, -0.05) is 6.07 Å². The molecule has 9 nitrogen and oxygen atoms in total. The van der Waals surface area contributed by atoms with Crippen LogP contribution in [0.15, 0.2) is 18.2 Å². The van der Waals surface area contributed by atoms with Crippen LogP contribution in [0.1, 0.15) is 12.5 Å². The highest BCUT2D eigenvalue weighted by molar-refractivity contribution is 5.79. The topological polar surface area (TPSA) is 157 Å². The number of ether oxygens (including phenoxy) is 2. The number of nitriles is 1. The number of hydrogen-bond donors (Lipinski definition) is 3. The fraction of sp³-hybridized carbons (Fsp3) is 0.200. The van der Waals surface area contributed by atoms with E-state index in [-0.39, 0.29) is 28.8 Å². The van der Waals surface area contributed by atoms with Gasteiger partial charge in [0.15, 0.2) is 18.1 Å². The fourth-order valence-corrected chi connectivity index (χ4v) is 2.06. The Bertz CT molecular complexity index is 816. The van der Waals surface area contributed by atoms with Crippen LogP contribution in [0.4, 0.5) is 11.8 Å². The molecular weight excluding hydrogens is 314 g/mol. The molecule has 0 unspecified atom stereocenters. The van der Waals surface area contributed by atoms with E-state index in [4.69, 9.17) is 26.0 Å². The average Bonchev–Trinajstić information content (AvgIpc) is 2.53. The SMILES string of the molecule is CCOc1cccc(-c2nc(N)nc(N)c2C#N)c1OCC(=O)O. The van der Waals surface area contributed by atoms with Gasteiger partial charge < -0.3 is 26.0 Å². The van der Waals surface area contributed by atoms with Crippen molar-refractivity contribution in [3.8, 4) is 28.8 Å². The molecule has 0 fully saturated rings. The number of carboxylic acid groups (broad SMARTS) is 1. The second-order valence-corrected chi connectivity index (χ2v) is 4.55. The molecule has 2 aromatic rings. The standard InChI is InChI=1S/C15H15N5O4/c1-2-23-10-5-3-4-8(13(10)24-7-11(21)22)12-9(6-16)14(17)20-15(18)19-12/h3-5H,2,7H2,1H3,(H,21,22)(H4,17,18,19,20). The molecule has 0 aliphatic rings. The van der Waals surface area contributed by atoms with Crippen LogP contribution in [0.2, 0.25) is 0 Å². The van der Waals surface area contributed by atoms with Gasteiger partial charge in [-0.2, -0.15) is 10.2 Å². The molecule has 0 amide bonds. The van der Waals surface area contributed by atoms with Gasteiger partial charge in [-0.3, -0.25) is 0 Å². The van der Waals surface area contributed by atoms with E-state index in [2.05, 4.69) is 9.97 Å². The second kappa shape index (κ2) is 7.15. The van der Waals surface area contributed by atoms with Gasteiger partial charge in [-0.25, -0.2) is 9.78 Å². The van der Waals surface area contributed by atoms with Crippen molar-refractivity contribution in [2.45, 2.75) is 6.92 Å². The molecule has 9 heteroatoms. The van der Waals surface area contributed by atoms with E-state index >= 15 is 0 Å². The first-order chi connectivity index (χ1) is 11.5. The number of benzene rings is 1. The minimum absolute atomic E-state index is 0.0121. The average molecular weight is 329 g/mol. The van der Waals surface area contributed by atoms with Crippen molar-refractivity contribution in [3.63, 3.8) is 0 Å². The summed E-state index contributed by atoms with van der Waals surface area (Å²) in [6.07, 6.45) is 0. The zero-order chi connectivity index (χ0) is 17.7. The van der Waals surface area contributed by atoms with Gasteiger partial charge in [0, 0.05) is 5.56 Å². The first kappa shape index (κ1) is 16.8. The molecule has 0 radical (unpaired) electrons. The molecule has 1 heterocycles. The summed E-state index contributed by atoms with van der Waals surface area (Å²) in [6.45, 7) is 1.52. The maximum atomic E-state index is 10.8. The molecule has 0 aliphatic carbocycles. The minimum Gasteiger partial charge on any atom is -0.490 e. The summed E-state index contributed by atoms with van der Waals surface area (Å²) >= 11 is 0. The van der Waals surface area contributed by atoms with Crippen molar-refractivity contribution in [1.82, 2.24) is 9.97 Å². The van der Waals surface area contributed by atoms with Crippen molar-refractivity contribution in [3.05, 3.63) is 23.8 Å². The lowest BCUT2D eigenvalue weighted by Crippen LogP contribution is -2.12. The molecule has 0 spiro atoms. The number of rotatable bonds is 6. The molecule has 0 saturated heterocycles. The van der Waals surface area contributed by atoms with Crippen LogP contribution >= 0.6 is 0 Å². The summed E-state index contributed by atoms with van der Waals surface area (Å²) in [5, 5.41) is 18.2. The third kappa shape index (κ3) is 3.44. The lowest BCUT2D eigenvalue weighted by Gasteiger charge is -2.15. The molecular formula is C15H15N5O4. The van der Waals surface area contributed by atoms with Gasteiger partial charge in [0.1, 0.15) is 17.5 Å². The van der Waals surface area contributed by atoms with Gasteiger partial charge >= 0.3 is 5.97 Å². The first-order valence-corrected chi connectivity index (χ1v) is 6.91. The molecule has 0 atom stereocenters. The first-order valence-electron chi connectivity index (χ1n) is 6.91. The Morgan fingerprint density at radius 3 is 2.71 bits per heavy atom. The molecule has 0 saturated carbocycles. The third-order valence-corrected chi connectivity index (χ3v) is 2.94. The monoisotopic (exact) mass is 329 g/mol. The van der Waals surface area contributed by atoms with Crippen molar-refractivity contribution < 1.29 is 19.4 Å². The van der Waals surface area contributed by atoms with Crippen molar-refractivity contribution >= 4 is 17.7 Å². The lowest BCUT2D eigenvalue weighted by molar-refractivity contribution is -0.139. The number of nitrogens with two attached hydrogens (primary N) is 2. The minimum atomic E-state index is -1.16. The van der Waals surface area contributed by atoms with E-state index in [1.54, 1.807) is 25.1 Å². The van der Waals surface area contributed by atoms with Gasteiger partial charge in [0.25, 0.3) is 0 Å². The number of para-hydroxylation sites is 1. The van der Waals surface area contributed by atoms with E-state index in [0.717, 1.165) is 0 Å². The van der Waals surface area contributed by atoms with Crippen LogP contribution in [-0.2, 0) is 4.79 Å². The van der Waals surface area contributed by atoms with Crippen molar-refractivity contribution in [1.29, 1.82) is 5.26 Å². The number of nitrogen functional groups attached to an aromatic ring is 2. The maximum absolute atomic E-state index is 10.8. The molecule has 0 aliphatic heterocycles. The van der Waals surface area contributed by atoms with Crippen molar-refractivity contribution in [2.24, 2.45) is 0 Å². The summed E-state index contributed by atoms with van der Waals surface area (Å²) in [5.74, 6) is -0.903. The second-order valence-electron chi connectivity index (χ2n) is 4.55. The largest absolute Gasteiger partial charge is 0.490 e. The van der Waals surface area contributed by atoms with Crippen LogP contribution in [-0.4, -0.2) is 34.3 Å². The number of nitrogens with zero attached hydrogens (tertiary/aromatic N) is 3. The number of aromatic nitrogens is 2. The van der Waals surface area contributed by atoms with Crippen LogP contribution in [0.25, 0.3) is 11.3 Å². The quantitative estimate of drug-likeness (QED) is 0.704. The highest BCUT2D eigenvalue weighted by Crippen LogP contribution is 2.39. The van der Waals surface area contributed by atoms with E-state index < -0.39 is 12.6 Å². The van der Waals surface area contributed by atoms with E-state index in [1.165, 1.54) is 0 Å². The Labute approximate surface area is 137 Å². The Hall–Kier alpha value is -3.54. The van der Waals surface area contributed by atoms with Gasteiger partial charge in [0.05, 0.1) is 12.3 Å². The predicted molar refractivity (Wildman–Crippen MR) is 85.3 cm³/mol. The Balaban J connectivity index is 2.68. The fourth-order valence-electron chi connectivity index (χ4n) is 2.06. The Kier molecular flexibility index (Phi) is 5.01. The molecule has 124 valence electrons. The van der Waals surface area contributed by atoms with Gasteiger partial charge in [-0.05, 0) is 19.1 Å². The molecule has 24 heavy (non-hydrogen) atoms. The zero-order valence-corrected chi connectivity index (χ0v) is 12.8. The van der Waals surface area contributed by atoms with Crippen LogP contribution < -0.4 is 20.9 Å². The Morgan fingerprint density at radius 2 is 2.08 bits per heavy atom. The van der Waals surface area contributed by atoms with Crippen LogP contribution in [0.3, 0.4) is 0 Å². The highest BCUT2D eigenvalue weighted by atomic mass is 16.5. The van der Waals surface area contributed by atoms with Crippen LogP contribution in [0, 0.1) is 11.3 Å². The van der Waals surface area contributed by atoms with Gasteiger partial charge in [-0.15, -0.1) is 0 Å². The van der Waals surface area contributed by atoms with E-state index in [0.29, 0.717) is 17.9 Å². The smallest absolute Gasteiger partial charge is 0.341 e. The normalized spacial score (nSPS) is 10.0. The number of hydrogen-bond acceptors (Lipinski definition) is 8. The summed E-state index contributed by atoms with van der Waals surface area (Å²) in [4.78, 5) is 18.6. The predicted octanol–water partition coefficient (Wildman–Crippen LogP) is 1.04. The number of carbonyl (C=O) groups is 1. The number of carboxylic acids is 1. The highest BCUT2D eigenvalue weighted by Gasteiger charge is 2.20. The number of anilines is 2. The Morgan fingerprint density at radius 1 is 1.33 bits per heavy atom. The summed E-state index contributed by atoms with van der Waals surface area (Å²) in [6, 6.07) is 6.79. The zero-order valence-electron chi connectivity index (χ0n) is 12.8. The lowest BCUT2D eigenvalue weighted by atomic mass is 10.1. The molecule has 0 bridgehead atoms. The number of aliphatic carboxylic acids is 1. The van der Waals surface area contributed by atoms with Crippen molar-refractivity contribution in [2.75, 3.05) is 24.7 Å². The van der Waals surface area contributed by atoms with E-state index in [1.807, 2.05) is 6.07 Å². The third-order valence-electron chi connectivity index (χ3n) is 2.94. The maximum Gasteiger partial charge on any atom is 0.341 e. The van der Waals surface area contributed by atoms with E-state index in [9.17, 15) is 10.1 Å². The molecule has 1 aromatic carbocycles. The molecule has 2 rings (SSSR count). The molecule has 5 N–H and O–H groups in total. The summed E-state index contributed by atoms with van der Waals surface area (Å²) < 4.78 is 10.8. The van der Waals surface area contributed by atoms with Gasteiger partial charge in [0.2, 0.25) is 5.95 Å². The van der Waals surface area contributed by atoms with Crippen LogP contribution in [0.5, 0.6) is 11.5 Å². The summed E-state index contributed by atoms with van der Waals surface area (Å²) in [7, 11) is 0. The molecule has 1 aromatic heterocycles. The summed E-state index contributed by atoms with van der Waals surface area (Å²) in [5.41, 5.74) is 11.8.